The van der Waals surface area contributed by atoms with Crippen LogP contribution in [0.4, 0.5) is 0 Å². The molecule has 3 heteroatoms. The molecule has 0 bridgehead atoms. The van der Waals surface area contributed by atoms with Crippen LogP contribution in [0.2, 0.25) is 0 Å². The Morgan fingerprint density at radius 1 is 1.78 bits per heavy atom. The summed E-state index contributed by atoms with van der Waals surface area (Å²) >= 11 is 0. The smallest absolute Gasteiger partial charge is 0.101 e. The minimum absolute atomic E-state index is 0.213. The summed E-state index contributed by atoms with van der Waals surface area (Å²) in [5, 5.41) is 17.4. The maximum Gasteiger partial charge on any atom is 0.101 e. The van der Waals surface area contributed by atoms with E-state index in [1.807, 2.05) is 0 Å². The van der Waals surface area contributed by atoms with Crippen LogP contribution in [0.3, 0.4) is 0 Å². The van der Waals surface area contributed by atoms with Crippen LogP contribution in [0, 0.1) is 0 Å². The summed E-state index contributed by atoms with van der Waals surface area (Å²) in [6, 6.07) is 0. The average Bonchev–Trinajstić information content (AvgIpc) is 2.37. The summed E-state index contributed by atoms with van der Waals surface area (Å²) in [5.74, 6) is 0. The summed E-state index contributed by atoms with van der Waals surface area (Å²) in [5.41, 5.74) is 0.789. The molecule has 0 aromatic heterocycles. The maximum atomic E-state index is 8.96. The Morgan fingerprint density at radius 3 is 3.00 bits per heavy atom. The zero-order valence-electron chi connectivity index (χ0n) is 5.08. The molecule has 2 N–H and O–H groups in total. The van der Waals surface area contributed by atoms with Gasteiger partial charge in [0.15, 0.2) is 0 Å². The zero-order valence-corrected chi connectivity index (χ0v) is 5.08. The summed E-state index contributed by atoms with van der Waals surface area (Å²) in [4.78, 5) is 0. The van der Waals surface area contributed by atoms with Crippen LogP contribution in [0.15, 0.2) is 11.8 Å². The minimum atomic E-state index is -0.715. The molecule has 0 aromatic carbocycles. The Labute approximate surface area is 53.6 Å². The lowest BCUT2D eigenvalue weighted by Gasteiger charge is -2.03. The van der Waals surface area contributed by atoms with Crippen molar-refractivity contribution in [3.63, 3.8) is 0 Å². The van der Waals surface area contributed by atoms with Gasteiger partial charge in [0, 0.05) is 6.42 Å². The fourth-order valence-corrected chi connectivity index (χ4v) is 0.764. The van der Waals surface area contributed by atoms with E-state index in [1.54, 1.807) is 0 Å². The fraction of sp³-hybridized carbons (Fsp3) is 0.667. The number of rotatable bonds is 2. The first-order valence-corrected chi connectivity index (χ1v) is 2.94. The van der Waals surface area contributed by atoms with Crippen LogP contribution >= 0.6 is 0 Å². The van der Waals surface area contributed by atoms with Gasteiger partial charge in [-0.2, -0.15) is 0 Å². The first-order valence-electron chi connectivity index (χ1n) is 2.94. The first-order chi connectivity index (χ1) is 4.34. The fourth-order valence-electron chi connectivity index (χ4n) is 0.764. The van der Waals surface area contributed by atoms with Gasteiger partial charge in [0.05, 0.1) is 19.5 Å². The van der Waals surface area contributed by atoms with Crippen LogP contribution in [0.1, 0.15) is 6.42 Å². The third-order valence-electron chi connectivity index (χ3n) is 1.34. The van der Waals surface area contributed by atoms with Gasteiger partial charge in [-0.05, 0) is 5.57 Å². The monoisotopic (exact) mass is 130 g/mol. The molecule has 0 unspecified atom stereocenters. The molecule has 1 rings (SSSR count). The van der Waals surface area contributed by atoms with Crippen molar-refractivity contribution in [3.05, 3.63) is 11.8 Å². The molecule has 0 aromatic rings. The van der Waals surface area contributed by atoms with E-state index in [1.165, 1.54) is 6.26 Å². The van der Waals surface area contributed by atoms with Crippen molar-refractivity contribution in [2.45, 2.75) is 12.5 Å². The van der Waals surface area contributed by atoms with Gasteiger partial charge in [0.1, 0.15) is 6.10 Å². The summed E-state index contributed by atoms with van der Waals surface area (Å²) in [7, 11) is 0. The van der Waals surface area contributed by atoms with Gasteiger partial charge in [0.25, 0.3) is 0 Å². The van der Waals surface area contributed by atoms with E-state index in [0.29, 0.717) is 6.61 Å². The first kappa shape index (κ1) is 6.58. The van der Waals surface area contributed by atoms with Gasteiger partial charge in [-0.1, -0.05) is 0 Å². The lowest BCUT2D eigenvalue weighted by Crippen LogP contribution is -2.13. The minimum Gasteiger partial charge on any atom is -0.501 e. The van der Waals surface area contributed by atoms with E-state index in [-0.39, 0.29) is 6.61 Å². The lowest BCUT2D eigenvalue weighted by atomic mass is 10.1. The maximum absolute atomic E-state index is 8.96. The number of ether oxygens (including phenoxy) is 1. The highest BCUT2D eigenvalue weighted by Crippen LogP contribution is 2.13. The average molecular weight is 130 g/mol. The molecule has 9 heavy (non-hydrogen) atoms. The second-order valence-electron chi connectivity index (χ2n) is 2.01. The van der Waals surface area contributed by atoms with Crippen LogP contribution in [0.5, 0.6) is 0 Å². The second kappa shape index (κ2) is 2.85. The highest BCUT2D eigenvalue weighted by atomic mass is 16.5. The molecular weight excluding hydrogens is 120 g/mol. The van der Waals surface area contributed by atoms with Crippen molar-refractivity contribution in [1.82, 2.24) is 0 Å². The number of hydrogen-bond acceptors (Lipinski definition) is 3. The second-order valence-corrected chi connectivity index (χ2v) is 2.01. The van der Waals surface area contributed by atoms with E-state index in [4.69, 9.17) is 14.9 Å². The Bertz CT molecular complexity index is 119. The van der Waals surface area contributed by atoms with Gasteiger partial charge < -0.3 is 14.9 Å². The molecule has 1 atom stereocenters. The molecule has 0 saturated carbocycles. The normalized spacial score (nSPS) is 20.9. The van der Waals surface area contributed by atoms with E-state index >= 15 is 0 Å². The van der Waals surface area contributed by atoms with Crippen molar-refractivity contribution < 1.29 is 14.9 Å². The van der Waals surface area contributed by atoms with Crippen LogP contribution in [-0.4, -0.2) is 29.5 Å². The summed E-state index contributed by atoms with van der Waals surface area (Å²) in [6.45, 7) is 0.418. The highest BCUT2D eigenvalue weighted by Gasteiger charge is 2.13. The van der Waals surface area contributed by atoms with Gasteiger partial charge in [-0.3, -0.25) is 0 Å². The molecule has 3 nitrogen and oxygen atoms in total. The summed E-state index contributed by atoms with van der Waals surface area (Å²) < 4.78 is 4.85. The Balaban J connectivity index is 2.40. The zero-order chi connectivity index (χ0) is 6.69. The molecule has 0 amide bonds. The Kier molecular flexibility index (Phi) is 2.08. The van der Waals surface area contributed by atoms with Crippen molar-refractivity contribution in [3.8, 4) is 0 Å². The highest BCUT2D eigenvalue weighted by molar-refractivity contribution is 5.07. The number of aliphatic hydroxyl groups is 2. The molecule has 1 aliphatic heterocycles. The molecule has 0 radical (unpaired) electrons. The van der Waals surface area contributed by atoms with Crippen molar-refractivity contribution >= 4 is 0 Å². The lowest BCUT2D eigenvalue weighted by molar-refractivity contribution is 0.121. The quantitative estimate of drug-likeness (QED) is 0.537. The summed E-state index contributed by atoms with van der Waals surface area (Å²) in [6.07, 6.45) is 1.54. The topological polar surface area (TPSA) is 49.7 Å². The third-order valence-corrected chi connectivity index (χ3v) is 1.34. The molecule has 0 fully saturated rings. The van der Waals surface area contributed by atoms with E-state index in [0.717, 1.165) is 12.0 Å². The molecule has 0 aliphatic carbocycles. The van der Waals surface area contributed by atoms with Crippen LogP contribution in [0.25, 0.3) is 0 Å². The van der Waals surface area contributed by atoms with E-state index < -0.39 is 6.10 Å². The van der Waals surface area contributed by atoms with E-state index in [2.05, 4.69) is 0 Å². The Morgan fingerprint density at radius 2 is 2.56 bits per heavy atom. The van der Waals surface area contributed by atoms with Gasteiger partial charge in [-0.15, -0.1) is 0 Å². The van der Waals surface area contributed by atoms with Crippen LogP contribution < -0.4 is 0 Å². The van der Waals surface area contributed by atoms with Gasteiger partial charge >= 0.3 is 0 Å². The predicted octanol–water partition coefficient (Wildman–Crippen LogP) is -0.356. The number of aliphatic hydroxyl groups excluding tert-OH is 2. The predicted molar refractivity (Wildman–Crippen MR) is 31.7 cm³/mol. The SMILES string of the molecule is OC[C@H](O)C1=COCC1. The molecule has 0 spiro atoms. The standard InChI is InChI=1S/C6H10O3/c7-3-6(8)5-1-2-9-4-5/h4,6-8H,1-3H2/t6-/m0/s1. The van der Waals surface area contributed by atoms with E-state index in [9.17, 15) is 0 Å². The van der Waals surface area contributed by atoms with Gasteiger partial charge in [0.2, 0.25) is 0 Å². The molecular formula is C6H10O3. The molecule has 1 aliphatic rings. The van der Waals surface area contributed by atoms with Crippen LogP contribution in [-0.2, 0) is 4.74 Å². The molecule has 52 valence electrons. The number of hydrogen-bond donors (Lipinski definition) is 2. The largest absolute Gasteiger partial charge is 0.501 e. The van der Waals surface area contributed by atoms with Gasteiger partial charge in [-0.25, -0.2) is 0 Å². The third kappa shape index (κ3) is 1.43. The van der Waals surface area contributed by atoms with Crippen molar-refractivity contribution in [2.24, 2.45) is 0 Å². The van der Waals surface area contributed by atoms with Crippen molar-refractivity contribution in [2.75, 3.05) is 13.2 Å². The molecule has 1 heterocycles. The Hall–Kier alpha value is -0.540. The molecule has 0 saturated heterocycles. The van der Waals surface area contributed by atoms with Crippen molar-refractivity contribution in [1.29, 1.82) is 0 Å².